The lowest BCUT2D eigenvalue weighted by Gasteiger charge is -2.46. The molecule has 0 spiro atoms. The van der Waals surface area contributed by atoms with E-state index < -0.39 is 86.8 Å². The number of carbonyl (C=O) groups is 1. The van der Waals surface area contributed by atoms with E-state index in [9.17, 15) is 45.6 Å². The first kappa shape index (κ1) is 81.5. The summed E-state index contributed by atoms with van der Waals surface area (Å²) >= 11 is 0. The zero-order chi connectivity index (χ0) is 63.8. The SMILES string of the molecule is CC/C=C\C/C=C\C/C=C\C/C=C\C/C=C\CCCCCCCCCC(=O)NC(COC1OC(CO)C(OC2OC(CO)C(O)C(O)C2O)C(O)C1O)C(O)/C=C/CCCCCCCCCCCCCCCCCCCCCCCCCCCCCCC. The van der Waals surface area contributed by atoms with Gasteiger partial charge in [-0.25, -0.2) is 0 Å². The van der Waals surface area contributed by atoms with Crippen LogP contribution in [0.1, 0.15) is 296 Å². The maximum absolute atomic E-state index is 13.3. The average Bonchev–Trinajstić information content (AvgIpc) is 1.78. The van der Waals surface area contributed by atoms with Gasteiger partial charge in [-0.3, -0.25) is 4.79 Å². The van der Waals surface area contributed by atoms with Crippen molar-refractivity contribution in [2.24, 2.45) is 0 Å². The fourth-order valence-electron chi connectivity index (χ4n) is 11.7. The molecular formula is C74H133NO13. The molecule has 2 aliphatic rings. The summed E-state index contributed by atoms with van der Waals surface area (Å²) in [5.41, 5.74) is 0. The second-order valence-corrected chi connectivity index (χ2v) is 25.3. The summed E-state index contributed by atoms with van der Waals surface area (Å²) in [5, 5.41) is 87.5. The molecule has 9 N–H and O–H groups in total. The van der Waals surface area contributed by atoms with Crippen LogP contribution >= 0.6 is 0 Å². The molecule has 88 heavy (non-hydrogen) atoms. The molecule has 14 nitrogen and oxygen atoms in total. The number of amides is 1. The minimum Gasteiger partial charge on any atom is -0.394 e. The second kappa shape index (κ2) is 58.3. The number of rotatable bonds is 59. The van der Waals surface area contributed by atoms with Crippen LogP contribution in [0, 0.1) is 0 Å². The van der Waals surface area contributed by atoms with Crippen molar-refractivity contribution in [2.45, 2.75) is 370 Å². The molecule has 0 aromatic rings. The van der Waals surface area contributed by atoms with E-state index in [0.717, 1.165) is 89.9 Å². The molecule has 0 saturated carbocycles. The molecule has 0 bridgehead atoms. The van der Waals surface area contributed by atoms with Crippen LogP contribution in [0.15, 0.2) is 72.9 Å². The Balaban J connectivity index is 1.67. The molecule has 2 aliphatic heterocycles. The Morgan fingerprint density at radius 3 is 1.20 bits per heavy atom. The predicted octanol–water partition coefficient (Wildman–Crippen LogP) is 15.0. The normalized spacial score (nSPS) is 23.6. The molecule has 512 valence electrons. The zero-order valence-electron chi connectivity index (χ0n) is 55.7. The highest BCUT2D eigenvalue weighted by Gasteiger charge is 2.51. The first-order chi connectivity index (χ1) is 43.1. The monoisotopic (exact) mass is 1240 g/mol. The number of ether oxygens (including phenoxy) is 4. The minimum absolute atomic E-state index is 0.250. The van der Waals surface area contributed by atoms with Gasteiger partial charge in [0.1, 0.15) is 48.8 Å². The van der Waals surface area contributed by atoms with Crippen molar-refractivity contribution >= 4 is 5.91 Å². The number of allylic oxidation sites excluding steroid dienone is 11. The summed E-state index contributed by atoms with van der Waals surface area (Å²) in [5.74, 6) is -0.250. The summed E-state index contributed by atoms with van der Waals surface area (Å²) in [6, 6.07) is -0.927. The lowest BCUT2D eigenvalue weighted by Crippen LogP contribution is -2.65. The number of aliphatic hydroxyl groups is 8. The van der Waals surface area contributed by atoms with Crippen molar-refractivity contribution in [1.29, 1.82) is 0 Å². The predicted molar refractivity (Wildman–Crippen MR) is 360 cm³/mol. The van der Waals surface area contributed by atoms with E-state index >= 15 is 0 Å². The maximum Gasteiger partial charge on any atom is 0.220 e. The van der Waals surface area contributed by atoms with Crippen molar-refractivity contribution < 1.29 is 64.6 Å². The molecule has 0 aromatic carbocycles. The molecule has 12 unspecified atom stereocenters. The molecule has 2 heterocycles. The number of unbranched alkanes of at least 4 members (excludes halogenated alkanes) is 36. The highest BCUT2D eigenvalue weighted by molar-refractivity contribution is 5.76. The van der Waals surface area contributed by atoms with Gasteiger partial charge < -0.3 is 65.1 Å². The number of hydrogen-bond acceptors (Lipinski definition) is 13. The van der Waals surface area contributed by atoms with Crippen LogP contribution in [0.25, 0.3) is 0 Å². The van der Waals surface area contributed by atoms with Gasteiger partial charge in [0.15, 0.2) is 12.6 Å². The van der Waals surface area contributed by atoms with E-state index in [1.54, 1.807) is 6.08 Å². The number of aliphatic hydroxyl groups excluding tert-OH is 8. The Hall–Kier alpha value is -2.57. The summed E-state index contributed by atoms with van der Waals surface area (Å²) < 4.78 is 22.9. The molecule has 2 fully saturated rings. The number of hydrogen-bond donors (Lipinski definition) is 9. The fraction of sp³-hybridized carbons (Fsp3) is 0.824. The number of carbonyl (C=O) groups excluding carboxylic acids is 1. The van der Waals surface area contributed by atoms with Crippen molar-refractivity contribution in [3.05, 3.63) is 72.9 Å². The molecular weight excluding hydrogens is 1110 g/mol. The van der Waals surface area contributed by atoms with Crippen LogP contribution in [0.2, 0.25) is 0 Å². The molecule has 0 aliphatic carbocycles. The Labute approximate surface area is 536 Å². The van der Waals surface area contributed by atoms with Crippen molar-refractivity contribution in [2.75, 3.05) is 19.8 Å². The zero-order valence-corrected chi connectivity index (χ0v) is 55.7. The summed E-state index contributed by atoms with van der Waals surface area (Å²) in [4.78, 5) is 13.3. The standard InChI is InChI=1S/C74H133NO13/c1-3-5-7-9-11-13-15-17-19-21-23-25-27-28-29-30-31-32-33-34-36-37-39-41-43-45-47-49-51-53-55-57-63(78)62(61-85-73-71(84)69(82)72(65(60-77)87-73)88-74-70(83)68(81)67(80)64(59-76)86-74)75-66(79)58-56-54-52-50-48-46-44-42-40-38-35-26-24-22-20-18-16-14-12-10-8-6-4-2/h6,8,12,14,18,20,24,26,38,40,55,57,62-65,67-74,76-78,80-84H,3-5,7,9-11,13,15-17,19,21-23,25,27-37,39,41-54,56,58-61H2,1-2H3,(H,75,79)/b8-6-,14-12-,20-18-,26-24-,40-38-,57-55+. The molecule has 14 heteroatoms. The van der Waals surface area contributed by atoms with Gasteiger partial charge in [0.05, 0.1) is 32.0 Å². The van der Waals surface area contributed by atoms with Gasteiger partial charge in [0, 0.05) is 6.42 Å². The minimum atomic E-state index is -1.79. The number of nitrogens with one attached hydrogen (secondary N) is 1. The quantitative estimate of drug-likeness (QED) is 0.0204. The average molecular weight is 1240 g/mol. The van der Waals surface area contributed by atoms with Crippen molar-refractivity contribution in [3.8, 4) is 0 Å². The third-order valence-corrected chi connectivity index (χ3v) is 17.4. The van der Waals surface area contributed by atoms with Crippen LogP contribution in [-0.4, -0.2) is 140 Å². The Morgan fingerprint density at radius 2 is 0.784 bits per heavy atom. The molecule has 0 radical (unpaired) electrons. The Morgan fingerprint density at radius 1 is 0.420 bits per heavy atom. The van der Waals surface area contributed by atoms with Gasteiger partial charge in [0.25, 0.3) is 0 Å². The van der Waals surface area contributed by atoms with Crippen molar-refractivity contribution in [1.82, 2.24) is 5.32 Å². The Kier molecular flexibility index (Phi) is 54.0. The molecule has 2 saturated heterocycles. The molecule has 12 atom stereocenters. The van der Waals surface area contributed by atoms with Crippen LogP contribution < -0.4 is 5.32 Å². The van der Waals surface area contributed by atoms with E-state index in [4.69, 9.17) is 18.9 Å². The van der Waals surface area contributed by atoms with E-state index in [0.29, 0.717) is 6.42 Å². The third kappa shape index (κ3) is 41.8. The largest absolute Gasteiger partial charge is 0.394 e. The van der Waals surface area contributed by atoms with Gasteiger partial charge in [-0.15, -0.1) is 0 Å². The lowest BCUT2D eigenvalue weighted by atomic mass is 9.97. The first-order valence-electron chi connectivity index (χ1n) is 36.2. The van der Waals surface area contributed by atoms with E-state index in [-0.39, 0.29) is 18.9 Å². The van der Waals surface area contributed by atoms with Gasteiger partial charge in [0.2, 0.25) is 5.91 Å². The van der Waals surface area contributed by atoms with E-state index in [1.807, 2.05) is 6.08 Å². The van der Waals surface area contributed by atoms with Gasteiger partial charge in [-0.05, 0) is 64.2 Å². The first-order valence-corrected chi connectivity index (χ1v) is 36.2. The van der Waals surface area contributed by atoms with E-state index in [2.05, 4.69) is 79.9 Å². The Bertz CT molecular complexity index is 1750. The van der Waals surface area contributed by atoms with Gasteiger partial charge in [-0.2, -0.15) is 0 Å². The lowest BCUT2D eigenvalue weighted by molar-refractivity contribution is -0.359. The summed E-state index contributed by atoms with van der Waals surface area (Å²) in [7, 11) is 0. The van der Waals surface area contributed by atoms with Gasteiger partial charge in [-0.1, -0.05) is 299 Å². The maximum atomic E-state index is 13.3. The topological polar surface area (TPSA) is 228 Å². The molecule has 2 rings (SSSR count). The highest BCUT2D eigenvalue weighted by atomic mass is 16.7. The van der Waals surface area contributed by atoms with Crippen molar-refractivity contribution in [3.63, 3.8) is 0 Å². The molecule has 0 aromatic heterocycles. The third-order valence-electron chi connectivity index (χ3n) is 17.4. The highest BCUT2D eigenvalue weighted by Crippen LogP contribution is 2.30. The summed E-state index contributed by atoms with van der Waals surface area (Å²) in [6.07, 6.45) is 62.4. The van der Waals surface area contributed by atoms with Crippen LogP contribution in [0.3, 0.4) is 0 Å². The smallest absolute Gasteiger partial charge is 0.220 e. The van der Waals surface area contributed by atoms with Crippen LogP contribution in [0.4, 0.5) is 0 Å². The molecule has 1 amide bonds. The van der Waals surface area contributed by atoms with E-state index in [1.165, 1.54) is 180 Å². The fourth-order valence-corrected chi connectivity index (χ4v) is 11.7. The summed E-state index contributed by atoms with van der Waals surface area (Å²) in [6.45, 7) is 2.71. The van der Waals surface area contributed by atoms with Crippen LogP contribution in [-0.2, 0) is 23.7 Å². The second-order valence-electron chi connectivity index (χ2n) is 25.3. The van der Waals surface area contributed by atoms with Crippen LogP contribution in [0.5, 0.6) is 0 Å². The van der Waals surface area contributed by atoms with Gasteiger partial charge >= 0.3 is 0 Å².